The van der Waals surface area contributed by atoms with Gasteiger partial charge in [-0.2, -0.15) is 0 Å². The van der Waals surface area contributed by atoms with E-state index in [0.29, 0.717) is 12.6 Å². The zero-order valence-electron chi connectivity index (χ0n) is 9.51. The lowest BCUT2D eigenvalue weighted by molar-refractivity contribution is 0.323. The van der Waals surface area contributed by atoms with Gasteiger partial charge in [0, 0.05) is 10.4 Å². The number of aryl methyl sites for hydroxylation is 1. The number of amidine groups is 1. The third kappa shape index (κ3) is 1.61. The van der Waals surface area contributed by atoms with Gasteiger partial charge in [0.1, 0.15) is 5.00 Å². The van der Waals surface area contributed by atoms with Crippen LogP contribution in [0.15, 0.2) is 4.99 Å². The maximum atomic E-state index is 5.42. The summed E-state index contributed by atoms with van der Waals surface area (Å²) in [5.41, 5.74) is 2.99. The van der Waals surface area contributed by atoms with Crippen molar-refractivity contribution >= 4 is 22.4 Å². The standard InChI is InChI=1S/C12H16N2OS/c1-2-15-12-13-7-9-8-5-3-4-6-10(8)16-11(9)14-12/h2-7H2,1H3,(H,13,14). The Kier molecular flexibility index (Phi) is 2.59. The van der Waals surface area contributed by atoms with Crippen molar-refractivity contribution in [2.45, 2.75) is 39.2 Å². The van der Waals surface area contributed by atoms with Crippen molar-refractivity contribution in [2.75, 3.05) is 11.9 Å². The van der Waals surface area contributed by atoms with E-state index < -0.39 is 0 Å². The highest BCUT2D eigenvalue weighted by Crippen LogP contribution is 2.39. The molecule has 0 fully saturated rings. The Morgan fingerprint density at radius 3 is 3.06 bits per heavy atom. The summed E-state index contributed by atoms with van der Waals surface area (Å²) in [5.74, 6) is 0. The van der Waals surface area contributed by atoms with Crippen molar-refractivity contribution in [2.24, 2.45) is 4.99 Å². The molecule has 0 radical (unpaired) electrons. The Labute approximate surface area is 99.5 Å². The van der Waals surface area contributed by atoms with Gasteiger partial charge in [-0.1, -0.05) is 0 Å². The van der Waals surface area contributed by atoms with Gasteiger partial charge in [-0.15, -0.1) is 11.3 Å². The number of fused-ring (bicyclic) bond motifs is 3. The van der Waals surface area contributed by atoms with E-state index in [0.717, 1.165) is 6.54 Å². The monoisotopic (exact) mass is 236 g/mol. The smallest absolute Gasteiger partial charge is 0.290 e. The van der Waals surface area contributed by atoms with Crippen LogP contribution < -0.4 is 5.32 Å². The van der Waals surface area contributed by atoms with Crippen molar-refractivity contribution in [3.63, 3.8) is 0 Å². The highest BCUT2D eigenvalue weighted by Gasteiger charge is 2.23. The lowest BCUT2D eigenvalue weighted by atomic mass is 9.95. The number of aliphatic imine (C=N–C) groups is 1. The van der Waals surface area contributed by atoms with Crippen molar-refractivity contribution in [3.8, 4) is 0 Å². The maximum Gasteiger partial charge on any atom is 0.290 e. The average molecular weight is 236 g/mol. The van der Waals surface area contributed by atoms with E-state index in [9.17, 15) is 0 Å². The van der Waals surface area contributed by atoms with Gasteiger partial charge in [0.25, 0.3) is 6.02 Å². The minimum absolute atomic E-state index is 0.673. The number of rotatable bonds is 1. The van der Waals surface area contributed by atoms with Crippen LogP contribution in [0.1, 0.15) is 35.8 Å². The molecule has 1 aromatic rings. The second-order valence-electron chi connectivity index (χ2n) is 4.20. The van der Waals surface area contributed by atoms with Crippen LogP contribution in [-0.2, 0) is 24.1 Å². The molecule has 0 saturated heterocycles. The van der Waals surface area contributed by atoms with E-state index >= 15 is 0 Å². The molecule has 0 saturated carbocycles. The van der Waals surface area contributed by atoms with E-state index in [-0.39, 0.29) is 0 Å². The number of ether oxygens (including phenoxy) is 1. The number of hydrogen-bond acceptors (Lipinski definition) is 4. The molecular weight excluding hydrogens is 220 g/mol. The molecule has 0 atom stereocenters. The summed E-state index contributed by atoms with van der Waals surface area (Å²) in [6.45, 7) is 3.45. The third-order valence-corrected chi connectivity index (χ3v) is 4.41. The molecule has 1 aliphatic heterocycles. The van der Waals surface area contributed by atoms with Crippen LogP contribution in [0, 0.1) is 0 Å². The normalized spacial score (nSPS) is 18.2. The predicted octanol–water partition coefficient (Wildman–Crippen LogP) is 2.94. The Morgan fingerprint density at radius 1 is 1.31 bits per heavy atom. The van der Waals surface area contributed by atoms with Gasteiger partial charge in [-0.3, -0.25) is 0 Å². The average Bonchev–Trinajstić information content (AvgIpc) is 2.67. The lowest BCUT2D eigenvalue weighted by Gasteiger charge is -2.16. The van der Waals surface area contributed by atoms with Crippen molar-refractivity contribution in [1.29, 1.82) is 0 Å². The van der Waals surface area contributed by atoms with Crippen molar-refractivity contribution in [1.82, 2.24) is 0 Å². The minimum atomic E-state index is 0.673. The zero-order valence-corrected chi connectivity index (χ0v) is 10.3. The van der Waals surface area contributed by atoms with Gasteiger partial charge in [0.15, 0.2) is 0 Å². The number of nitrogens with zero attached hydrogens (tertiary/aromatic N) is 1. The van der Waals surface area contributed by atoms with E-state index in [1.807, 2.05) is 18.3 Å². The first-order valence-corrected chi connectivity index (χ1v) is 6.78. The van der Waals surface area contributed by atoms with Gasteiger partial charge in [0.05, 0.1) is 13.2 Å². The van der Waals surface area contributed by atoms with Crippen LogP contribution in [0.3, 0.4) is 0 Å². The first-order valence-electron chi connectivity index (χ1n) is 5.96. The SMILES string of the molecule is CCOC1=NCc2c(sc3c2CCCC3)N1. The van der Waals surface area contributed by atoms with Crippen molar-refractivity contribution < 1.29 is 4.74 Å². The lowest BCUT2D eigenvalue weighted by Crippen LogP contribution is -2.20. The van der Waals surface area contributed by atoms with E-state index in [2.05, 4.69) is 10.3 Å². The predicted molar refractivity (Wildman–Crippen MR) is 67.3 cm³/mol. The molecule has 1 aromatic heterocycles. The zero-order chi connectivity index (χ0) is 11.0. The molecule has 1 aliphatic carbocycles. The Morgan fingerprint density at radius 2 is 2.19 bits per heavy atom. The second kappa shape index (κ2) is 4.09. The Hall–Kier alpha value is -1.03. The molecule has 0 aromatic carbocycles. The largest absolute Gasteiger partial charge is 0.465 e. The van der Waals surface area contributed by atoms with Crippen LogP contribution in [0.2, 0.25) is 0 Å². The van der Waals surface area contributed by atoms with Gasteiger partial charge in [-0.25, -0.2) is 4.99 Å². The molecule has 3 nitrogen and oxygen atoms in total. The van der Waals surface area contributed by atoms with E-state index in [1.54, 1.807) is 10.4 Å². The molecule has 4 heteroatoms. The summed E-state index contributed by atoms with van der Waals surface area (Å²) >= 11 is 1.90. The van der Waals surface area contributed by atoms with Gasteiger partial charge < -0.3 is 10.1 Å². The highest BCUT2D eigenvalue weighted by atomic mass is 32.1. The van der Waals surface area contributed by atoms with Gasteiger partial charge in [0.2, 0.25) is 0 Å². The fraction of sp³-hybridized carbons (Fsp3) is 0.583. The molecule has 1 N–H and O–H groups in total. The van der Waals surface area contributed by atoms with Crippen molar-refractivity contribution in [3.05, 3.63) is 16.0 Å². The summed E-state index contributed by atoms with van der Waals surface area (Å²) in [4.78, 5) is 6.00. The van der Waals surface area contributed by atoms with Crippen LogP contribution in [-0.4, -0.2) is 12.6 Å². The molecule has 2 aliphatic rings. The second-order valence-corrected chi connectivity index (χ2v) is 5.30. The first kappa shape index (κ1) is 10.1. The molecular formula is C12H16N2OS. The Balaban J connectivity index is 1.90. The summed E-state index contributed by atoms with van der Waals surface area (Å²) in [7, 11) is 0. The molecule has 86 valence electrons. The van der Waals surface area contributed by atoms with Crippen LogP contribution in [0.25, 0.3) is 0 Å². The number of thiophene rings is 1. The number of hydrogen-bond donors (Lipinski definition) is 1. The van der Waals surface area contributed by atoms with Gasteiger partial charge >= 0.3 is 0 Å². The van der Waals surface area contributed by atoms with E-state index in [4.69, 9.17) is 4.74 Å². The topological polar surface area (TPSA) is 33.6 Å². The fourth-order valence-electron chi connectivity index (χ4n) is 2.41. The third-order valence-electron chi connectivity index (χ3n) is 3.16. The summed E-state index contributed by atoms with van der Waals surface area (Å²) in [5, 5.41) is 4.57. The van der Waals surface area contributed by atoms with Crippen LogP contribution >= 0.6 is 11.3 Å². The molecule has 3 rings (SSSR count). The summed E-state index contributed by atoms with van der Waals surface area (Å²) < 4.78 is 5.42. The molecule has 0 unspecified atom stereocenters. The van der Waals surface area contributed by atoms with E-state index in [1.165, 1.54) is 36.2 Å². The molecule has 0 spiro atoms. The fourth-order valence-corrected chi connectivity index (χ4v) is 3.70. The number of nitrogens with one attached hydrogen (secondary N) is 1. The number of anilines is 1. The molecule has 0 bridgehead atoms. The Bertz CT molecular complexity index is 436. The maximum absolute atomic E-state index is 5.42. The van der Waals surface area contributed by atoms with Crippen LogP contribution in [0.5, 0.6) is 0 Å². The highest BCUT2D eigenvalue weighted by molar-refractivity contribution is 7.16. The molecule has 0 amide bonds. The first-order chi connectivity index (χ1) is 7.88. The molecule has 16 heavy (non-hydrogen) atoms. The summed E-state index contributed by atoms with van der Waals surface area (Å²) in [6, 6.07) is 0.689. The van der Waals surface area contributed by atoms with Crippen LogP contribution in [0.4, 0.5) is 5.00 Å². The summed E-state index contributed by atoms with van der Waals surface area (Å²) in [6.07, 6.45) is 5.16. The molecule has 2 heterocycles. The minimum Gasteiger partial charge on any atom is -0.465 e. The van der Waals surface area contributed by atoms with Gasteiger partial charge in [-0.05, 0) is 38.2 Å². The quantitative estimate of drug-likeness (QED) is 0.813.